The zero-order chi connectivity index (χ0) is 15.8. The van der Waals surface area contributed by atoms with Crippen molar-refractivity contribution in [2.24, 2.45) is 5.41 Å². The maximum absolute atomic E-state index is 6.48. The number of hydrogen-bond donors (Lipinski definition) is 2. The molecule has 4 unspecified atom stereocenters. The van der Waals surface area contributed by atoms with Gasteiger partial charge in [-0.1, -0.05) is 0 Å². The van der Waals surface area contributed by atoms with E-state index in [1.54, 1.807) is 0 Å². The molecule has 7 heterocycles. The highest BCUT2D eigenvalue weighted by molar-refractivity contribution is 5.13. The van der Waals surface area contributed by atoms with Crippen molar-refractivity contribution in [3.05, 3.63) is 0 Å². The third-order valence-electron chi connectivity index (χ3n) is 7.63. The van der Waals surface area contributed by atoms with Gasteiger partial charge >= 0.3 is 0 Å². The lowest BCUT2D eigenvalue weighted by Gasteiger charge is -2.63. The molecule has 6 nitrogen and oxygen atoms in total. The van der Waals surface area contributed by atoms with Gasteiger partial charge in [0.2, 0.25) is 0 Å². The highest BCUT2D eigenvalue weighted by Crippen LogP contribution is 2.50. The summed E-state index contributed by atoms with van der Waals surface area (Å²) in [7, 11) is 0. The first-order chi connectivity index (χ1) is 11.7. The molecule has 2 spiro atoms. The summed E-state index contributed by atoms with van der Waals surface area (Å²) in [4.78, 5) is 2.59. The first-order valence-corrected chi connectivity index (χ1v) is 9.83. The summed E-state index contributed by atoms with van der Waals surface area (Å²) >= 11 is 0. The zero-order valence-corrected chi connectivity index (χ0v) is 14.4. The number of morpholine rings is 1. The van der Waals surface area contributed by atoms with Crippen molar-refractivity contribution >= 4 is 0 Å². The average Bonchev–Trinajstić information content (AvgIpc) is 2.99. The molecule has 2 N–H and O–H groups in total. The van der Waals surface area contributed by atoms with Crippen LogP contribution < -0.4 is 10.6 Å². The fraction of sp³-hybridized carbons (Fsp3) is 1.00. The topological polar surface area (TPSA) is 55.0 Å². The van der Waals surface area contributed by atoms with E-state index in [4.69, 9.17) is 14.2 Å². The van der Waals surface area contributed by atoms with Crippen LogP contribution in [0, 0.1) is 5.41 Å². The van der Waals surface area contributed by atoms with Crippen LogP contribution in [0.1, 0.15) is 32.1 Å². The van der Waals surface area contributed by atoms with Crippen LogP contribution in [-0.2, 0) is 14.2 Å². The summed E-state index contributed by atoms with van der Waals surface area (Å²) in [6.07, 6.45) is 6.70. The number of nitrogens with one attached hydrogen (secondary N) is 2. The van der Waals surface area contributed by atoms with Crippen LogP contribution in [0.4, 0.5) is 0 Å². The van der Waals surface area contributed by atoms with E-state index in [0.29, 0.717) is 23.7 Å². The smallest absolute Gasteiger partial charge is 0.137 e. The lowest BCUT2D eigenvalue weighted by atomic mass is 9.74. The average molecular weight is 335 g/mol. The molecule has 2 bridgehead atoms. The molecule has 7 fully saturated rings. The van der Waals surface area contributed by atoms with E-state index in [9.17, 15) is 0 Å². The molecule has 0 saturated carbocycles. The van der Waals surface area contributed by atoms with Crippen molar-refractivity contribution in [1.82, 2.24) is 15.5 Å². The van der Waals surface area contributed by atoms with Crippen molar-refractivity contribution in [2.45, 2.75) is 61.7 Å². The van der Waals surface area contributed by atoms with Crippen LogP contribution >= 0.6 is 0 Å². The highest BCUT2D eigenvalue weighted by Gasteiger charge is 2.63. The van der Waals surface area contributed by atoms with Crippen molar-refractivity contribution in [3.8, 4) is 0 Å². The monoisotopic (exact) mass is 335 g/mol. The first-order valence-electron chi connectivity index (χ1n) is 9.83. The molecule has 7 aliphatic heterocycles. The minimum atomic E-state index is -0.0313. The molecular formula is C18H29N3O3. The Morgan fingerprint density at radius 1 is 0.958 bits per heavy atom. The van der Waals surface area contributed by atoms with E-state index >= 15 is 0 Å². The molecule has 7 saturated heterocycles. The number of ether oxygens (including phenoxy) is 3. The standard InChI is InChI=1S/C18H29N3O3/c1-4-19-5-2-17(1)7-13(23-17)15-14-8-18(24-14,9-20-15)21-6-3-16(10-21)11-22-12-16/h13-15,19-20H,1-12H2. The predicted molar refractivity (Wildman–Crippen MR) is 87.8 cm³/mol. The SMILES string of the molecule is C1CC2(CCN1)CC(C1NCC3(N4CCC5(COC5)C4)CC1O3)O2. The lowest BCUT2D eigenvalue weighted by molar-refractivity contribution is -0.334. The number of fused-ring (bicyclic) bond motifs is 2. The van der Waals surface area contributed by atoms with E-state index in [2.05, 4.69) is 15.5 Å². The molecule has 4 atom stereocenters. The predicted octanol–water partition coefficient (Wildman–Crippen LogP) is 0.0768. The van der Waals surface area contributed by atoms with E-state index < -0.39 is 0 Å². The quantitative estimate of drug-likeness (QED) is 0.745. The van der Waals surface area contributed by atoms with Crippen LogP contribution in [0.2, 0.25) is 0 Å². The molecular weight excluding hydrogens is 306 g/mol. The number of hydrogen-bond acceptors (Lipinski definition) is 6. The summed E-state index contributed by atoms with van der Waals surface area (Å²) < 4.78 is 18.4. The van der Waals surface area contributed by atoms with Crippen molar-refractivity contribution in [1.29, 1.82) is 0 Å². The minimum absolute atomic E-state index is 0.0313. The van der Waals surface area contributed by atoms with Gasteiger partial charge in [0.15, 0.2) is 0 Å². The molecule has 6 heteroatoms. The second-order valence-corrected chi connectivity index (χ2v) is 9.17. The van der Waals surface area contributed by atoms with Gasteiger partial charge in [-0.3, -0.25) is 4.90 Å². The molecule has 7 aliphatic rings. The molecule has 0 aliphatic carbocycles. The second-order valence-electron chi connectivity index (χ2n) is 9.17. The minimum Gasteiger partial charge on any atom is -0.380 e. The van der Waals surface area contributed by atoms with Crippen molar-refractivity contribution < 1.29 is 14.2 Å². The third-order valence-corrected chi connectivity index (χ3v) is 7.63. The maximum Gasteiger partial charge on any atom is 0.137 e. The Hall–Kier alpha value is -0.240. The van der Waals surface area contributed by atoms with Gasteiger partial charge in [-0.25, -0.2) is 0 Å². The fourth-order valence-electron chi connectivity index (χ4n) is 5.99. The summed E-state index contributed by atoms with van der Waals surface area (Å²) in [5.41, 5.74) is 0.594. The highest BCUT2D eigenvalue weighted by atomic mass is 16.6. The Bertz CT molecular complexity index is 512. The van der Waals surface area contributed by atoms with E-state index in [-0.39, 0.29) is 11.3 Å². The van der Waals surface area contributed by atoms with Gasteiger partial charge in [0.1, 0.15) is 5.72 Å². The third kappa shape index (κ3) is 1.98. The van der Waals surface area contributed by atoms with Gasteiger partial charge < -0.3 is 24.8 Å². The van der Waals surface area contributed by atoms with Crippen molar-refractivity contribution in [3.63, 3.8) is 0 Å². The number of nitrogens with zero attached hydrogens (tertiary/aromatic N) is 1. The molecule has 24 heavy (non-hydrogen) atoms. The summed E-state index contributed by atoms with van der Waals surface area (Å²) in [6.45, 7) is 7.39. The van der Waals surface area contributed by atoms with E-state index in [1.165, 1.54) is 38.6 Å². The summed E-state index contributed by atoms with van der Waals surface area (Å²) in [5.74, 6) is 0. The van der Waals surface area contributed by atoms with Crippen LogP contribution in [0.3, 0.4) is 0 Å². The van der Waals surface area contributed by atoms with Gasteiger partial charge in [-0.2, -0.15) is 0 Å². The Balaban J connectivity index is 1.07. The van der Waals surface area contributed by atoms with Gasteiger partial charge in [-0.15, -0.1) is 0 Å². The van der Waals surface area contributed by atoms with Gasteiger partial charge in [0.05, 0.1) is 37.1 Å². The van der Waals surface area contributed by atoms with Crippen molar-refractivity contribution in [2.75, 3.05) is 45.9 Å². The van der Waals surface area contributed by atoms with Crippen LogP contribution in [-0.4, -0.2) is 80.4 Å². The molecule has 7 rings (SSSR count). The first kappa shape index (κ1) is 14.9. The molecule has 0 radical (unpaired) electrons. The van der Waals surface area contributed by atoms with E-state index in [0.717, 1.165) is 39.4 Å². The normalized spacial score (nSPS) is 48.8. The summed E-state index contributed by atoms with van der Waals surface area (Å²) in [5, 5.41) is 7.22. The van der Waals surface area contributed by atoms with E-state index in [1.807, 2.05) is 0 Å². The molecule has 0 amide bonds. The van der Waals surface area contributed by atoms with Gasteiger partial charge in [0.25, 0.3) is 0 Å². The Kier molecular flexibility index (Phi) is 3.06. The largest absolute Gasteiger partial charge is 0.380 e. The number of piperidine rings is 2. The Morgan fingerprint density at radius 2 is 1.71 bits per heavy atom. The van der Waals surface area contributed by atoms with Crippen LogP contribution in [0.5, 0.6) is 0 Å². The molecule has 134 valence electrons. The number of likely N-dealkylation sites (tertiary alicyclic amines) is 1. The molecule has 0 aromatic carbocycles. The molecule has 0 aromatic rings. The summed E-state index contributed by atoms with van der Waals surface area (Å²) in [6, 6.07) is 0.399. The zero-order valence-electron chi connectivity index (χ0n) is 14.4. The van der Waals surface area contributed by atoms with Crippen LogP contribution in [0.25, 0.3) is 0 Å². The van der Waals surface area contributed by atoms with Crippen LogP contribution in [0.15, 0.2) is 0 Å². The Labute approximate surface area is 143 Å². The number of rotatable bonds is 2. The van der Waals surface area contributed by atoms with Gasteiger partial charge in [0, 0.05) is 37.9 Å². The fourth-order valence-corrected chi connectivity index (χ4v) is 5.99. The Morgan fingerprint density at radius 3 is 2.29 bits per heavy atom. The van der Waals surface area contributed by atoms with Gasteiger partial charge in [-0.05, 0) is 32.4 Å². The lowest BCUT2D eigenvalue weighted by Crippen LogP contribution is -2.79. The maximum atomic E-state index is 6.48. The molecule has 0 aromatic heterocycles. The second kappa shape index (κ2) is 4.93.